The highest BCUT2D eigenvalue weighted by Crippen LogP contribution is 2.28. The van der Waals surface area contributed by atoms with Gasteiger partial charge in [0.05, 0.1) is 6.04 Å². The number of rotatable bonds is 3. The number of benzene rings is 2. The first-order valence-electron chi connectivity index (χ1n) is 5.59. The monoisotopic (exact) mass is 345 g/mol. The van der Waals surface area contributed by atoms with E-state index in [0.717, 1.165) is 16.1 Å². The van der Waals surface area contributed by atoms with Crippen molar-refractivity contribution in [3.8, 4) is 0 Å². The molecule has 100 valence electrons. The smallest absolute Gasteiger partial charge is 0.126 e. The summed E-state index contributed by atoms with van der Waals surface area (Å²) < 4.78 is 27.4. The third-order valence-corrected chi connectivity index (χ3v) is 3.40. The fourth-order valence-electron chi connectivity index (χ4n) is 2.01. The van der Waals surface area contributed by atoms with Crippen molar-refractivity contribution in [1.82, 2.24) is 5.32 Å². The van der Waals surface area contributed by atoms with Gasteiger partial charge in [-0.2, -0.15) is 0 Å². The van der Waals surface area contributed by atoms with Crippen LogP contribution in [0.4, 0.5) is 8.78 Å². The van der Waals surface area contributed by atoms with Gasteiger partial charge in [0.25, 0.3) is 0 Å². The van der Waals surface area contributed by atoms with Crippen molar-refractivity contribution in [2.75, 3.05) is 7.05 Å². The number of nitrogens with one attached hydrogen (secondary N) is 1. The minimum Gasteiger partial charge on any atom is -0.309 e. The molecular weight excluding hydrogens is 336 g/mol. The van der Waals surface area contributed by atoms with Crippen molar-refractivity contribution >= 4 is 27.5 Å². The predicted octanol–water partition coefficient (Wildman–Crippen LogP) is 4.69. The second-order valence-electron chi connectivity index (χ2n) is 4.13. The van der Waals surface area contributed by atoms with Gasteiger partial charge in [-0.1, -0.05) is 27.5 Å². The molecule has 2 rings (SSSR count). The average molecular weight is 347 g/mol. The summed E-state index contributed by atoms with van der Waals surface area (Å²) in [5, 5.41) is 3.59. The summed E-state index contributed by atoms with van der Waals surface area (Å²) in [4.78, 5) is 0. The van der Waals surface area contributed by atoms with Gasteiger partial charge >= 0.3 is 0 Å². The SMILES string of the molecule is CNC(c1cc(F)cc(F)c1)c1cc(Cl)cc(Br)c1. The zero-order valence-electron chi connectivity index (χ0n) is 10.1. The number of hydrogen-bond donors (Lipinski definition) is 1. The molecule has 0 spiro atoms. The number of halogens is 4. The maximum absolute atomic E-state index is 13.3. The van der Waals surface area contributed by atoms with Gasteiger partial charge in [-0.3, -0.25) is 0 Å². The molecule has 0 aliphatic rings. The lowest BCUT2D eigenvalue weighted by atomic mass is 9.98. The van der Waals surface area contributed by atoms with E-state index in [-0.39, 0.29) is 6.04 Å². The Kier molecular flexibility index (Phi) is 4.55. The summed E-state index contributed by atoms with van der Waals surface area (Å²) in [6.45, 7) is 0. The van der Waals surface area contributed by atoms with E-state index in [2.05, 4.69) is 21.2 Å². The first kappa shape index (κ1) is 14.4. The van der Waals surface area contributed by atoms with Crippen LogP contribution in [0.15, 0.2) is 40.9 Å². The Balaban J connectivity index is 2.49. The van der Waals surface area contributed by atoms with Crippen LogP contribution < -0.4 is 5.32 Å². The average Bonchev–Trinajstić information content (AvgIpc) is 2.27. The first-order chi connectivity index (χ1) is 8.99. The summed E-state index contributed by atoms with van der Waals surface area (Å²) in [7, 11) is 1.72. The van der Waals surface area contributed by atoms with Crippen molar-refractivity contribution in [3.05, 3.63) is 68.7 Å². The molecule has 0 bridgehead atoms. The molecule has 0 aliphatic heterocycles. The van der Waals surface area contributed by atoms with Crippen LogP contribution in [0.25, 0.3) is 0 Å². The Bertz CT molecular complexity index is 512. The van der Waals surface area contributed by atoms with Crippen LogP contribution in [0.1, 0.15) is 17.2 Å². The van der Waals surface area contributed by atoms with Gasteiger partial charge in [0.1, 0.15) is 11.6 Å². The molecule has 19 heavy (non-hydrogen) atoms. The molecule has 2 aromatic carbocycles. The molecule has 0 aliphatic carbocycles. The van der Waals surface area contributed by atoms with Gasteiger partial charge in [-0.15, -0.1) is 0 Å². The van der Waals surface area contributed by atoms with Gasteiger partial charge < -0.3 is 5.32 Å². The molecule has 0 saturated carbocycles. The molecule has 0 aromatic heterocycles. The molecule has 0 fully saturated rings. The lowest BCUT2D eigenvalue weighted by molar-refractivity contribution is 0.571. The maximum Gasteiger partial charge on any atom is 0.126 e. The van der Waals surface area contributed by atoms with Gasteiger partial charge in [-0.05, 0) is 48.5 Å². The minimum absolute atomic E-state index is 0.333. The molecule has 1 unspecified atom stereocenters. The zero-order chi connectivity index (χ0) is 14.0. The van der Waals surface area contributed by atoms with Crippen LogP contribution in [0.5, 0.6) is 0 Å². The Morgan fingerprint density at radius 2 is 1.58 bits per heavy atom. The zero-order valence-corrected chi connectivity index (χ0v) is 12.4. The lowest BCUT2D eigenvalue weighted by Crippen LogP contribution is -2.18. The molecule has 1 N–H and O–H groups in total. The summed E-state index contributed by atoms with van der Waals surface area (Å²) in [6, 6.07) is 8.50. The van der Waals surface area contributed by atoms with Crippen LogP contribution >= 0.6 is 27.5 Å². The van der Waals surface area contributed by atoms with E-state index in [4.69, 9.17) is 11.6 Å². The van der Waals surface area contributed by atoms with E-state index in [9.17, 15) is 8.78 Å². The molecule has 0 radical (unpaired) electrons. The summed E-state index contributed by atoms with van der Waals surface area (Å²) in [5.41, 5.74) is 1.33. The van der Waals surface area contributed by atoms with Gasteiger partial charge in [-0.25, -0.2) is 8.78 Å². The van der Waals surface area contributed by atoms with Crippen LogP contribution in [-0.2, 0) is 0 Å². The van der Waals surface area contributed by atoms with E-state index in [1.807, 2.05) is 6.07 Å². The minimum atomic E-state index is -0.601. The van der Waals surface area contributed by atoms with Crippen molar-refractivity contribution in [2.24, 2.45) is 0 Å². The highest BCUT2D eigenvalue weighted by Gasteiger charge is 2.15. The Morgan fingerprint density at radius 3 is 2.11 bits per heavy atom. The molecular formula is C14H11BrClF2N. The Hall–Kier alpha value is -0.970. The summed E-state index contributed by atoms with van der Waals surface area (Å²) in [6.07, 6.45) is 0. The fraction of sp³-hybridized carbons (Fsp3) is 0.143. The predicted molar refractivity (Wildman–Crippen MR) is 76.4 cm³/mol. The Morgan fingerprint density at radius 1 is 1.00 bits per heavy atom. The van der Waals surface area contributed by atoms with Crippen LogP contribution in [0, 0.1) is 11.6 Å². The highest BCUT2D eigenvalue weighted by molar-refractivity contribution is 9.10. The molecule has 0 saturated heterocycles. The lowest BCUT2D eigenvalue weighted by Gasteiger charge is -2.18. The van der Waals surface area contributed by atoms with Crippen molar-refractivity contribution in [1.29, 1.82) is 0 Å². The van der Waals surface area contributed by atoms with Gasteiger partial charge in [0, 0.05) is 15.6 Å². The van der Waals surface area contributed by atoms with E-state index >= 15 is 0 Å². The third-order valence-electron chi connectivity index (χ3n) is 2.73. The van der Waals surface area contributed by atoms with Gasteiger partial charge in [0.15, 0.2) is 0 Å². The largest absolute Gasteiger partial charge is 0.309 e. The third kappa shape index (κ3) is 3.53. The molecule has 5 heteroatoms. The summed E-state index contributed by atoms with van der Waals surface area (Å²) >= 11 is 9.35. The molecule has 0 amide bonds. The van der Waals surface area contributed by atoms with Crippen molar-refractivity contribution in [3.63, 3.8) is 0 Å². The van der Waals surface area contributed by atoms with Crippen molar-refractivity contribution < 1.29 is 8.78 Å². The first-order valence-corrected chi connectivity index (χ1v) is 6.76. The second-order valence-corrected chi connectivity index (χ2v) is 5.48. The topological polar surface area (TPSA) is 12.0 Å². The van der Waals surface area contributed by atoms with Crippen LogP contribution in [0.2, 0.25) is 5.02 Å². The second kappa shape index (κ2) is 5.99. The van der Waals surface area contributed by atoms with E-state index in [1.54, 1.807) is 19.2 Å². The normalized spacial score (nSPS) is 12.5. The Labute approximate surface area is 123 Å². The van der Waals surface area contributed by atoms with Crippen LogP contribution in [-0.4, -0.2) is 7.05 Å². The molecule has 0 heterocycles. The fourth-order valence-corrected chi connectivity index (χ4v) is 2.90. The molecule has 1 nitrogen and oxygen atoms in total. The van der Waals surface area contributed by atoms with Crippen molar-refractivity contribution in [2.45, 2.75) is 6.04 Å². The van der Waals surface area contributed by atoms with E-state index in [1.165, 1.54) is 12.1 Å². The maximum atomic E-state index is 13.3. The standard InChI is InChI=1S/C14H11BrClF2N/c1-19-14(8-2-10(15)6-11(16)3-8)9-4-12(17)7-13(18)5-9/h2-7,14,19H,1H3. The van der Waals surface area contributed by atoms with E-state index in [0.29, 0.717) is 10.6 Å². The van der Waals surface area contributed by atoms with Gasteiger partial charge in [0.2, 0.25) is 0 Å². The molecule has 1 atom stereocenters. The molecule has 2 aromatic rings. The number of hydrogen-bond acceptors (Lipinski definition) is 1. The van der Waals surface area contributed by atoms with E-state index < -0.39 is 11.6 Å². The highest BCUT2D eigenvalue weighted by atomic mass is 79.9. The van der Waals surface area contributed by atoms with Crippen LogP contribution in [0.3, 0.4) is 0 Å². The summed E-state index contributed by atoms with van der Waals surface area (Å²) in [5.74, 6) is -1.20. The quantitative estimate of drug-likeness (QED) is 0.850.